The minimum Gasteiger partial charge on any atom is -0.494 e. The van der Waals surface area contributed by atoms with E-state index in [1.165, 1.54) is 19.2 Å². The third kappa shape index (κ3) is 8.37. The molecule has 11 heteroatoms. The summed E-state index contributed by atoms with van der Waals surface area (Å²) in [6, 6.07) is 9.48. The number of fused-ring (bicyclic) bond motifs is 1. The minimum atomic E-state index is -0.962. The number of benzene rings is 2. The number of ether oxygens (including phenoxy) is 4. The average molecular weight is 588 g/mol. The van der Waals surface area contributed by atoms with Gasteiger partial charge in [0.15, 0.2) is 11.4 Å². The summed E-state index contributed by atoms with van der Waals surface area (Å²) in [6.07, 6.45) is 3.28. The first kappa shape index (κ1) is 30.7. The average Bonchev–Trinajstić information content (AvgIpc) is 3.05. The van der Waals surface area contributed by atoms with E-state index in [1.807, 2.05) is 6.07 Å². The summed E-state index contributed by atoms with van der Waals surface area (Å²) in [6.45, 7) is 6.46. The largest absolute Gasteiger partial charge is 0.494 e. The van der Waals surface area contributed by atoms with Gasteiger partial charge in [-0.2, -0.15) is 0 Å². The van der Waals surface area contributed by atoms with Crippen molar-refractivity contribution in [2.45, 2.75) is 64.8 Å². The molecule has 2 heterocycles. The number of amides is 1. The number of hydrogen-bond acceptors (Lipinski definition) is 7. The van der Waals surface area contributed by atoms with Crippen LogP contribution in [-0.4, -0.2) is 55.7 Å². The summed E-state index contributed by atoms with van der Waals surface area (Å²) in [5.41, 5.74) is 1.95. The molecular weight excluding hydrogens is 549 g/mol. The van der Waals surface area contributed by atoms with Crippen molar-refractivity contribution < 1.29 is 32.9 Å². The van der Waals surface area contributed by atoms with Gasteiger partial charge in [-0.25, -0.2) is 4.39 Å². The van der Waals surface area contributed by atoms with Crippen LogP contribution < -0.4 is 20.3 Å². The highest BCUT2D eigenvalue weighted by Gasteiger charge is 2.38. The number of anilines is 3. The van der Waals surface area contributed by atoms with Crippen molar-refractivity contribution >= 4 is 46.3 Å². The van der Waals surface area contributed by atoms with Gasteiger partial charge in [0.2, 0.25) is 5.91 Å². The molecule has 2 N–H and O–H groups in total. The number of halogens is 1. The summed E-state index contributed by atoms with van der Waals surface area (Å²) in [5.74, 6) is -1.75. The van der Waals surface area contributed by atoms with Crippen molar-refractivity contribution in [1.82, 2.24) is 0 Å². The van der Waals surface area contributed by atoms with Crippen LogP contribution in [0.3, 0.4) is 0 Å². The van der Waals surface area contributed by atoms with Gasteiger partial charge in [-0.3, -0.25) is 9.59 Å². The molecule has 1 saturated heterocycles. The third-order valence-corrected chi connectivity index (χ3v) is 6.96. The minimum absolute atomic E-state index is 0.228. The molecule has 2 unspecified atom stereocenters. The molecule has 0 saturated carbocycles. The van der Waals surface area contributed by atoms with Gasteiger partial charge in [0.05, 0.1) is 25.1 Å². The lowest BCUT2D eigenvalue weighted by Gasteiger charge is -2.29. The molecule has 1 fully saturated rings. The highest BCUT2D eigenvalue weighted by molar-refractivity contribution is 7.80. The first-order chi connectivity index (χ1) is 19.5. The Balaban J connectivity index is 1.58. The summed E-state index contributed by atoms with van der Waals surface area (Å²) >= 11 is 5.48. The number of nitrogens with zero attached hydrogens (tertiary/aromatic N) is 1. The fourth-order valence-corrected chi connectivity index (χ4v) is 5.05. The van der Waals surface area contributed by atoms with Gasteiger partial charge >= 0.3 is 5.97 Å². The predicted octanol–water partition coefficient (Wildman–Crippen LogP) is 5.42. The van der Waals surface area contributed by atoms with Crippen LogP contribution in [-0.2, 0) is 30.2 Å². The van der Waals surface area contributed by atoms with Crippen LogP contribution in [0.15, 0.2) is 36.4 Å². The van der Waals surface area contributed by atoms with Gasteiger partial charge in [-0.15, -0.1) is 0 Å². The maximum absolute atomic E-state index is 13.8. The summed E-state index contributed by atoms with van der Waals surface area (Å²) < 4.78 is 36.2. The lowest BCUT2D eigenvalue weighted by Crippen LogP contribution is -2.43. The quantitative estimate of drug-likeness (QED) is 0.238. The Morgan fingerprint density at radius 2 is 1.90 bits per heavy atom. The van der Waals surface area contributed by atoms with Crippen molar-refractivity contribution in [3.8, 4) is 5.75 Å². The highest BCUT2D eigenvalue weighted by atomic mass is 32.1. The number of esters is 1. The maximum Gasteiger partial charge on any atom is 0.319 e. The van der Waals surface area contributed by atoms with Gasteiger partial charge in [-0.1, -0.05) is 0 Å². The lowest BCUT2D eigenvalue weighted by molar-refractivity contribution is -0.164. The number of methoxy groups -OCH3 is 1. The van der Waals surface area contributed by atoms with Crippen LogP contribution in [0, 0.1) is 11.7 Å². The molecular formula is C30H38FN3O6S. The number of hydrogen-bond donors (Lipinski definition) is 2. The van der Waals surface area contributed by atoms with Gasteiger partial charge in [-0.05, 0) is 101 Å². The SMILES string of the molecule is COc1cc2c(cc1NC(=S)Nc1ccc(F)cc1)CCC(C(=O)OC(C)(C)C)C(=O)N2CCOC1CCCCO1. The smallest absolute Gasteiger partial charge is 0.319 e. The second-order valence-electron chi connectivity index (χ2n) is 11.0. The van der Waals surface area contributed by atoms with Crippen molar-refractivity contribution in [2.24, 2.45) is 5.92 Å². The molecule has 0 bridgehead atoms. The zero-order valence-corrected chi connectivity index (χ0v) is 24.8. The second kappa shape index (κ2) is 13.6. The summed E-state index contributed by atoms with van der Waals surface area (Å²) in [7, 11) is 1.53. The standard InChI is InChI=1S/C30H38FN3O6S/c1-30(2,3)40-28(36)22-13-8-19-17-23(33-29(41)32-21-11-9-20(31)10-12-21)25(37-4)18-24(19)34(27(22)35)14-16-39-26-7-5-6-15-38-26/h9-12,17-18,22,26H,5-8,13-16H2,1-4H3,(H2,32,33,41). The zero-order valence-electron chi connectivity index (χ0n) is 24.0. The summed E-state index contributed by atoms with van der Waals surface area (Å²) in [4.78, 5) is 28.5. The number of carbonyl (C=O) groups excluding carboxylic acids is 2. The van der Waals surface area contributed by atoms with Crippen molar-refractivity contribution in [3.63, 3.8) is 0 Å². The van der Waals surface area contributed by atoms with E-state index in [0.717, 1.165) is 24.8 Å². The van der Waals surface area contributed by atoms with E-state index in [1.54, 1.807) is 43.9 Å². The van der Waals surface area contributed by atoms with E-state index < -0.39 is 17.5 Å². The van der Waals surface area contributed by atoms with E-state index in [9.17, 15) is 14.0 Å². The second-order valence-corrected chi connectivity index (χ2v) is 11.5. The van der Waals surface area contributed by atoms with Gasteiger partial charge in [0.25, 0.3) is 0 Å². The Morgan fingerprint density at radius 1 is 1.15 bits per heavy atom. The molecule has 4 rings (SSSR count). The monoisotopic (exact) mass is 587 g/mol. The van der Waals surface area contributed by atoms with Crippen LogP contribution in [0.5, 0.6) is 5.75 Å². The molecule has 0 aromatic heterocycles. The molecule has 2 aliphatic rings. The van der Waals surface area contributed by atoms with E-state index >= 15 is 0 Å². The van der Waals surface area contributed by atoms with E-state index in [4.69, 9.17) is 31.2 Å². The Bertz CT molecular complexity index is 1240. The van der Waals surface area contributed by atoms with Gasteiger partial charge in [0, 0.05) is 24.9 Å². The number of rotatable bonds is 8. The molecule has 2 aliphatic heterocycles. The van der Waals surface area contributed by atoms with Crippen LogP contribution in [0.4, 0.5) is 21.5 Å². The number of carbonyl (C=O) groups is 2. The van der Waals surface area contributed by atoms with Gasteiger partial charge in [0.1, 0.15) is 23.1 Å². The normalized spacial score (nSPS) is 19.1. The Kier molecular flexibility index (Phi) is 10.2. The fourth-order valence-electron chi connectivity index (χ4n) is 4.82. The summed E-state index contributed by atoms with van der Waals surface area (Å²) in [5, 5.41) is 6.44. The number of thiocarbonyl (C=S) groups is 1. The predicted molar refractivity (Wildman–Crippen MR) is 159 cm³/mol. The van der Waals surface area contributed by atoms with E-state index in [2.05, 4.69) is 10.6 Å². The zero-order chi connectivity index (χ0) is 29.6. The van der Waals surface area contributed by atoms with Crippen LogP contribution in [0.2, 0.25) is 0 Å². The Labute approximate surface area is 245 Å². The maximum atomic E-state index is 13.8. The molecule has 41 heavy (non-hydrogen) atoms. The Morgan fingerprint density at radius 3 is 2.56 bits per heavy atom. The molecule has 222 valence electrons. The first-order valence-electron chi connectivity index (χ1n) is 13.9. The van der Waals surface area contributed by atoms with Crippen molar-refractivity contribution in [1.29, 1.82) is 0 Å². The van der Waals surface area contributed by atoms with Crippen LogP contribution in [0.1, 0.15) is 52.0 Å². The van der Waals surface area contributed by atoms with Gasteiger partial charge < -0.3 is 34.5 Å². The molecule has 2 aromatic carbocycles. The topological polar surface area (TPSA) is 98.4 Å². The molecule has 2 atom stereocenters. The molecule has 9 nitrogen and oxygen atoms in total. The van der Waals surface area contributed by atoms with Crippen molar-refractivity contribution in [3.05, 3.63) is 47.8 Å². The third-order valence-electron chi connectivity index (χ3n) is 6.76. The molecule has 0 aliphatic carbocycles. The Hall–Kier alpha value is -3.28. The van der Waals surface area contributed by atoms with Crippen LogP contribution in [0.25, 0.3) is 0 Å². The first-order valence-corrected chi connectivity index (χ1v) is 14.3. The lowest BCUT2D eigenvalue weighted by atomic mass is 9.99. The van der Waals surface area contributed by atoms with Crippen LogP contribution >= 0.6 is 12.2 Å². The molecule has 0 radical (unpaired) electrons. The van der Waals surface area contributed by atoms with E-state index in [0.29, 0.717) is 35.8 Å². The van der Waals surface area contributed by atoms with E-state index in [-0.39, 0.29) is 42.7 Å². The molecule has 1 amide bonds. The fraction of sp³-hybridized carbons (Fsp3) is 0.500. The molecule has 2 aromatic rings. The number of aryl methyl sites for hydroxylation is 1. The number of nitrogens with one attached hydrogen (secondary N) is 2. The van der Waals surface area contributed by atoms with Crippen molar-refractivity contribution in [2.75, 3.05) is 42.4 Å². The molecule has 0 spiro atoms. The highest BCUT2D eigenvalue weighted by Crippen LogP contribution is 2.38.